The number of carbonyl (C=O) groups excluding carboxylic acids is 1. The molecular weight excluding hydrogens is 298 g/mol. The zero-order chi connectivity index (χ0) is 16.9. The molecule has 0 aromatic rings. The highest BCUT2D eigenvalue weighted by Crippen LogP contribution is 2.35. The van der Waals surface area contributed by atoms with Gasteiger partial charge in [-0.1, -0.05) is 20.8 Å². The lowest BCUT2D eigenvalue weighted by molar-refractivity contribution is -0.147. The van der Waals surface area contributed by atoms with E-state index in [9.17, 15) is 4.79 Å². The first-order valence-corrected chi connectivity index (χ1v) is 10.9. The lowest BCUT2D eigenvalue weighted by Gasteiger charge is -2.40. The maximum absolute atomic E-state index is 12.2. The molecule has 0 spiro atoms. The molecular formula is C16H31NO4Si. The highest BCUT2D eigenvalue weighted by atomic mass is 28.3. The maximum atomic E-state index is 12.2. The Bertz CT molecular complexity index is 403. The Morgan fingerprint density at radius 3 is 2.50 bits per heavy atom. The highest BCUT2D eigenvalue weighted by molar-refractivity contribution is 6.48. The Hall–Kier alpha value is -0.883. The van der Waals surface area contributed by atoms with Gasteiger partial charge in [-0.3, -0.25) is 9.79 Å². The molecule has 0 saturated heterocycles. The summed E-state index contributed by atoms with van der Waals surface area (Å²) in [6.07, 6.45) is 0.771. The molecule has 1 heterocycles. The molecule has 0 aromatic heterocycles. The fraction of sp³-hybridized carbons (Fsp3) is 0.875. The van der Waals surface area contributed by atoms with Crippen LogP contribution in [0.4, 0.5) is 0 Å². The van der Waals surface area contributed by atoms with E-state index in [2.05, 4.69) is 38.9 Å². The summed E-state index contributed by atoms with van der Waals surface area (Å²) < 4.78 is 16.7. The summed E-state index contributed by atoms with van der Waals surface area (Å²) in [7, 11) is 0.383. The smallest absolute Gasteiger partial charge is 0.318 e. The van der Waals surface area contributed by atoms with Crippen LogP contribution in [0.15, 0.2) is 4.99 Å². The lowest BCUT2D eigenvalue weighted by Crippen LogP contribution is -2.45. The fourth-order valence-electron chi connectivity index (χ4n) is 2.98. The normalized spacial score (nSPS) is 23.9. The quantitative estimate of drug-likeness (QED) is 0.575. The van der Waals surface area contributed by atoms with Crippen molar-refractivity contribution in [3.05, 3.63) is 0 Å². The molecule has 3 unspecified atom stereocenters. The summed E-state index contributed by atoms with van der Waals surface area (Å²) in [5, 5.41) is 0. The third kappa shape index (κ3) is 5.09. The summed E-state index contributed by atoms with van der Waals surface area (Å²) in [6.45, 7) is 13.7. The number of carbonyl (C=O) groups is 1. The number of aliphatic imine (C=N–C) groups is 1. The molecule has 0 saturated carbocycles. The van der Waals surface area contributed by atoms with E-state index in [1.807, 2.05) is 6.92 Å². The Kier molecular flexibility index (Phi) is 7.06. The van der Waals surface area contributed by atoms with Crippen LogP contribution in [0.2, 0.25) is 13.1 Å². The van der Waals surface area contributed by atoms with Crippen LogP contribution >= 0.6 is 0 Å². The second kappa shape index (κ2) is 8.11. The standard InChI is InChI=1S/C16H31NO4Si/c1-8-20-15(18)12-9-11(10-17-14(12)19-5)13(16(2,3)4)21-22(6)7/h11-13,22H,8-10H2,1-7H3. The van der Waals surface area contributed by atoms with E-state index in [-0.39, 0.29) is 23.4 Å². The minimum absolute atomic E-state index is 0.0151. The summed E-state index contributed by atoms with van der Waals surface area (Å²) in [5.41, 5.74) is 0.0151. The predicted octanol–water partition coefficient (Wildman–Crippen LogP) is 2.65. The highest BCUT2D eigenvalue weighted by Gasteiger charge is 2.41. The average Bonchev–Trinajstić information content (AvgIpc) is 2.43. The monoisotopic (exact) mass is 329 g/mol. The van der Waals surface area contributed by atoms with Crippen LogP contribution in [0.25, 0.3) is 0 Å². The van der Waals surface area contributed by atoms with Crippen molar-refractivity contribution in [2.75, 3.05) is 20.3 Å². The largest absolute Gasteiger partial charge is 0.484 e. The number of esters is 1. The van der Waals surface area contributed by atoms with Crippen LogP contribution < -0.4 is 0 Å². The van der Waals surface area contributed by atoms with Crippen LogP contribution in [0.1, 0.15) is 34.1 Å². The molecule has 0 N–H and O–H groups in total. The molecule has 1 aliphatic rings. The molecule has 1 rings (SSSR count). The Labute approximate surface area is 136 Å². The summed E-state index contributed by atoms with van der Waals surface area (Å²) in [4.78, 5) is 16.7. The van der Waals surface area contributed by atoms with Crippen molar-refractivity contribution in [1.29, 1.82) is 0 Å². The van der Waals surface area contributed by atoms with Gasteiger partial charge in [0.2, 0.25) is 0 Å². The number of methoxy groups -OCH3 is 1. The van der Waals surface area contributed by atoms with Gasteiger partial charge in [-0.2, -0.15) is 0 Å². The fourth-order valence-corrected chi connectivity index (χ4v) is 4.19. The van der Waals surface area contributed by atoms with Gasteiger partial charge in [-0.05, 0) is 31.9 Å². The maximum Gasteiger partial charge on any atom is 0.318 e. The van der Waals surface area contributed by atoms with E-state index >= 15 is 0 Å². The molecule has 0 radical (unpaired) electrons. The molecule has 3 atom stereocenters. The average molecular weight is 330 g/mol. The Morgan fingerprint density at radius 1 is 1.41 bits per heavy atom. The van der Waals surface area contributed by atoms with Crippen LogP contribution in [0.3, 0.4) is 0 Å². The molecule has 0 amide bonds. The number of nitrogens with zero attached hydrogens (tertiary/aromatic N) is 1. The van der Waals surface area contributed by atoms with Crippen LogP contribution in [0.5, 0.6) is 0 Å². The molecule has 128 valence electrons. The molecule has 0 fully saturated rings. The molecule has 1 aliphatic heterocycles. The zero-order valence-electron chi connectivity index (χ0n) is 15.0. The van der Waals surface area contributed by atoms with E-state index in [0.29, 0.717) is 25.5 Å². The topological polar surface area (TPSA) is 57.1 Å². The summed E-state index contributed by atoms with van der Waals surface area (Å²) in [5.74, 6) is 0.0422. The number of rotatable bonds is 5. The number of hydrogen-bond acceptors (Lipinski definition) is 5. The summed E-state index contributed by atoms with van der Waals surface area (Å²) in [6, 6.07) is 0. The Morgan fingerprint density at radius 2 is 2.05 bits per heavy atom. The number of ether oxygens (including phenoxy) is 2. The van der Waals surface area contributed by atoms with Gasteiger partial charge in [-0.25, -0.2) is 0 Å². The van der Waals surface area contributed by atoms with Gasteiger partial charge in [0.15, 0.2) is 14.9 Å². The van der Waals surface area contributed by atoms with Crippen molar-refractivity contribution in [3.63, 3.8) is 0 Å². The van der Waals surface area contributed by atoms with Crippen molar-refractivity contribution >= 4 is 20.9 Å². The van der Waals surface area contributed by atoms with Crippen molar-refractivity contribution in [2.24, 2.45) is 22.2 Å². The molecule has 0 bridgehead atoms. The first kappa shape index (κ1) is 19.2. The third-order valence-electron chi connectivity index (χ3n) is 3.80. The van der Waals surface area contributed by atoms with Gasteiger partial charge >= 0.3 is 5.97 Å². The van der Waals surface area contributed by atoms with E-state index in [1.165, 1.54) is 0 Å². The van der Waals surface area contributed by atoms with Gasteiger partial charge in [0.05, 0.1) is 19.8 Å². The minimum Gasteiger partial charge on any atom is -0.484 e. The number of hydrogen-bond donors (Lipinski definition) is 0. The van der Waals surface area contributed by atoms with Gasteiger partial charge in [-0.15, -0.1) is 0 Å². The van der Waals surface area contributed by atoms with Crippen molar-refractivity contribution < 1.29 is 18.7 Å². The molecule has 0 aromatic carbocycles. The van der Waals surface area contributed by atoms with Gasteiger partial charge in [0.25, 0.3) is 0 Å². The minimum atomic E-state index is -1.18. The van der Waals surface area contributed by atoms with E-state index in [4.69, 9.17) is 13.9 Å². The third-order valence-corrected chi connectivity index (χ3v) is 4.64. The van der Waals surface area contributed by atoms with Gasteiger partial charge < -0.3 is 13.9 Å². The van der Waals surface area contributed by atoms with Crippen molar-refractivity contribution in [2.45, 2.75) is 53.3 Å². The lowest BCUT2D eigenvalue weighted by atomic mass is 9.76. The molecule has 5 nitrogen and oxygen atoms in total. The van der Waals surface area contributed by atoms with E-state index in [1.54, 1.807) is 7.11 Å². The first-order chi connectivity index (χ1) is 10.2. The second-order valence-electron chi connectivity index (χ2n) is 7.15. The second-order valence-corrected chi connectivity index (χ2v) is 9.52. The van der Waals surface area contributed by atoms with Crippen molar-refractivity contribution in [3.8, 4) is 0 Å². The van der Waals surface area contributed by atoms with Crippen LogP contribution in [0, 0.1) is 17.3 Å². The van der Waals surface area contributed by atoms with E-state index < -0.39 is 15.0 Å². The van der Waals surface area contributed by atoms with Crippen LogP contribution in [-0.4, -0.2) is 47.3 Å². The van der Waals surface area contributed by atoms with Gasteiger partial charge in [0, 0.05) is 12.5 Å². The zero-order valence-corrected chi connectivity index (χ0v) is 16.2. The predicted molar refractivity (Wildman–Crippen MR) is 90.7 cm³/mol. The van der Waals surface area contributed by atoms with Crippen molar-refractivity contribution in [1.82, 2.24) is 0 Å². The molecule has 0 aliphatic carbocycles. The SMILES string of the molecule is CCOC(=O)C1CC(C(O[SiH](C)C)C(C)(C)C)CN=C1OC. The molecule has 6 heteroatoms. The van der Waals surface area contributed by atoms with E-state index in [0.717, 1.165) is 0 Å². The summed E-state index contributed by atoms with van der Waals surface area (Å²) >= 11 is 0. The van der Waals surface area contributed by atoms with Gasteiger partial charge in [0.1, 0.15) is 5.92 Å². The van der Waals surface area contributed by atoms with Crippen LogP contribution in [-0.2, 0) is 18.7 Å². The molecule has 22 heavy (non-hydrogen) atoms. The Balaban J connectivity index is 2.96. The first-order valence-electron chi connectivity index (χ1n) is 8.11.